The van der Waals surface area contributed by atoms with Crippen molar-refractivity contribution < 1.29 is 9.53 Å². The molecule has 1 aliphatic heterocycles. The van der Waals surface area contributed by atoms with Crippen LogP contribution in [0.5, 0.6) is 0 Å². The monoisotopic (exact) mass is 237 g/mol. The summed E-state index contributed by atoms with van der Waals surface area (Å²) in [6.07, 6.45) is 0.794. The van der Waals surface area contributed by atoms with Gasteiger partial charge in [0.15, 0.2) is 5.82 Å². The molecule has 1 aliphatic rings. The Morgan fingerprint density at radius 1 is 1.59 bits per heavy atom. The third kappa shape index (κ3) is 2.85. The zero-order valence-electron chi connectivity index (χ0n) is 10.5. The Balaban J connectivity index is 1.99. The fraction of sp³-hybridized carbons (Fsp3) is 0.667. The number of aromatic nitrogens is 2. The van der Waals surface area contributed by atoms with Crippen LogP contribution in [-0.2, 0) is 14.9 Å². The molecule has 0 aliphatic carbocycles. The van der Waals surface area contributed by atoms with Crippen molar-refractivity contribution in [1.29, 1.82) is 0 Å². The van der Waals surface area contributed by atoms with Crippen LogP contribution in [0.4, 0.5) is 5.82 Å². The van der Waals surface area contributed by atoms with Crippen LogP contribution in [0.15, 0.2) is 6.07 Å². The summed E-state index contributed by atoms with van der Waals surface area (Å²) in [5, 5.41) is 9.86. The summed E-state index contributed by atoms with van der Waals surface area (Å²) in [6, 6.07) is 1.88. The lowest BCUT2D eigenvalue weighted by atomic mass is 9.92. The van der Waals surface area contributed by atoms with E-state index in [-0.39, 0.29) is 17.2 Å². The van der Waals surface area contributed by atoms with Crippen LogP contribution < -0.4 is 5.32 Å². The Bertz CT molecular complexity index is 400. The van der Waals surface area contributed by atoms with Gasteiger partial charge in [0.1, 0.15) is 0 Å². The Labute approximate surface area is 101 Å². The van der Waals surface area contributed by atoms with Crippen molar-refractivity contribution in [3.8, 4) is 0 Å². The smallest absolute Gasteiger partial charge is 0.231 e. The second-order valence-electron chi connectivity index (χ2n) is 5.47. The van der Waals surface area contributed by atoms with Crippen LogP contribution >= 0.6 is 0 Å². The zero-order valence-corrected chi connectivity index (χ0v) is 10.5. The van der Waals surface area contributed by atoms with Gasteiger partial charge in [-0.3, -0.25) is 9.89 Å². The van der Waals surface area contributed by atoms with E-state index in [2.05, 4.69) is 36.3 Å². The molecule has 1 fully saturated rings. The second kappa shape index (κ2) is 4.49. The summed E-state index contributed by atoms with van der Waals surface area (Å²) in [5.41, 5.74) is 1.02. The maximum absolute atomic E-state index is 11.8. The molecule has 5 nitrogen and oxygen atoms in total. The van der Waals surface area contributed by atoms with Crippen molar-refractivity contribution in [2.24, 2.45) is 5.92 Å². The minimum Gasteiger partial charge on any atom is -0.381 e. The molecular formula is C12H19N3O2. The third-order valence-corrected chi connectivity index (χ3v) is 2.94. The molecule has 1 unspecified atom stereocenters. The van der Waals surface area contributed by atoms with Crippen LogP contribution in [0.2, 0.25) is 0 Å². The molecule has 0 radical (unpaired) electrons. The van der Waals surface area contributed by atoms with Crippen molar-refractivity contribution in [2.75, 3.05) is 18.5 Å². The number of carbonyl (C=O) groups excluding carboxylic acids is 1. The normalized spacial score (nSPS) is 20.5. The van der Waals surface area contributed by atoms with E-state index in [1.807, 2.05) is 6.07 Å². The van der Waals surface area contributed by atoms with E-state index in [1.165, 1.54) is 0 Å². The van der Waals surface area contributed by atoms with Crippen LogP contribution in [0.25, 0.3) is 0 Å². The molecule has 0 spiro atoms. The van der Waals surface area contributed by atoms with Gasteiger partial charge >= 0.3 is 0 Å². The lowest BCUT2D eigenvalue weighted by Gasteiger charge is -2.14. The fourth-order valence-electron chi connectivity index (χ4n) is 1.74. The molecule has 1 atom stereocenters. The van der Waals surface area contributed by atoms with Gasteiger partial charge in [0.2, 0.25) is 5.91 Å². The standard InChI is InChI=1S/C12H19N3O2/c1-12(2,3)9-6-10(15-14-9)13-11(16)8-4-5-17-7-8/h6,8H,4-5,7H2,1-3H3,(H2,13,14,15,16). The molecular weight excluding hydrogens is 218 g/mol. The topological polar surface area (TPSA) is 67.0 Å². The maximum Gasteiger partial charge on any atom is 0.231 e. The molecule has 0 aromatic carbocycles. The summed E-state index contributed by atoms with van der Waals surface area (Å²) < 4.78 is 5.19. The van der Waals surface area contributed by atoms with Gasteiger partial charge in [0.25, 0.3) is 0 Å². The summed E-state index contributed by atoms with van der Waals surface area (Å²) in [7, 11) is 0. The molecule has 0 bridgehead atoms. The molecule has 2 heterocycles. The Hall–Kier alpha value is -1.36. The molecule has 2 N–H and O–H groups in total. The first-order valence-corrected chi connectivity index (χ1v) is 5.91. The predicted octanol–water partition coefficient (Wildman–Crippen LogP) is 1.68. The van der Waals surface area contributed by atoms with Gasteiger partial charge in [-0.15, -0.1) is 0 Å². The number of ether oxygens (including phenoxy) is 1. The van der Waals surface area contributed by atoms with Crippen LogP contribution in [0.1, 0.15) is 32.9 Å². The summed E-state index contributed by atoms with van der Waals surface area (Å²) in [4.78, 5) is 11.8. The minimum atomic E-state index is -0.0372. The van der Waals surface area contributed by atoms with E-state index in [4.69, 9.17) is 4.74 Å². The predicted molar refractivity (Wildman–Crippen MR) is 64.8 cm³/mol. The lowest BCUT2D eigenvalue weighted by molar-refractivity contribution is -0.119. The fourth-order valence-corrected chi connectivity index (χ4v) is 1.74. The largest absolute Gasteiger partial charge is 0.381 e. The number of H-pyrrole nitrogens is 1. The SMILES string of the molecule is CC(C)(C)c1cc(NC(=O)C2CCOC2)n[nH]1. The highest BCUT2D eigenvalue weighted by Crippen LogP contribution is 2.22. The first-order valence-electron chi connectivity index (χ1n) is 5.91. The first-order chi connectivity index (χ1) is 7.97. The van der Waals surface area contributed by atoms with E-state index in [9.17, 15) is 4.79 Å². The number of nitrogens with zero attached hydrogens (tertiary/aromatic N) is 1. The Morgan fingerprint density at radius 3 is 2.88 bits per heavy atom. The van der Waals surface area contributed by atoms with Gasteiger partial charge in [0, 0.05) is 23.8 Å². The van der Waals surface area contributed by atoms with E-state index < -0.39 is 0 Å². The molecule has 0 saturated carbocycles. The Kier molecular flexibility index (Phi) is 3.19. The van der Waals surface area contributed by atoms with Crippen LogP contribution in [0.3, 0.4) is 0 Å². The van der Waals surface area contributed by atoms with E-state index in [1.54, 1.807) is 0 Å². The number of rotatable bonds is 2. The van der Waals surface area contributed by atoms with Crippen molar-refractivity contribution in [3.63, 3.8) is 0 Å². The van der Waals surface area contributed by atoms with Gasteiger partial charge in [-0.25, -0.2) is 0 Å². The Morgan fingerprint density at radius 2 is 2.35 bits per heavy atom. The highest BCUT2D eigenvalue weighted by atomic mass is 16.5. The number of amides is 1. The van der Waals surface area contributed by atoms with E-state index in [0.717, 1.165) is 12.1 Å². The van der Waals surface area contributed by atoms with Crippen molar-refractivity contribution >= 4 is 11.7 Å². The maximum atomic E-state index is 11.8. The second-order valence-corrected chi connectivity index (χ2v) is 5.47. The minimum absolute atomic E-state index is 0.00513. The molecule has 1 aromatic rings. The quantitative estimate of drug-likeness (QED) is 0.822. The third-order valence-electron chi connectivity index (χ3n) is 2.94. The van der Waals surface area contributed by atoms with Gasteiger partial charge in [0.05, 0.1) is 12.5 Å². The van der Waals surface area contributed by atoms with E-state index in [0.29, 0.717) is 19.0 Å². The first kappa shape index (κ1) is 12.1. The summed E-state index contributed by atoms with van der Waals surface area (Å²) in [5.74, 6) is 0.547. The number of nitrogens with one attached hydrogen (secondary N) is 2. The van der Waals surface area contributed by atoms with E-state index >= 15 is 0 Å². The highest BCUT2D eigenvalue weighted by Gasteiger charge is 2.24. The molecule has 5 heteroatoms. The highest BCUT2D eigenvalue weighted by molar-refractivity contribution is 5.91. The van der Waals surface area contributed by atoms with Gasteiger partial charge in [-0.05, 0) is 6.42 Å². The molecule has 1 aromatic heterocycles. The van der Waals surface area contributed by atoms with Crippen LogP contribution in [0, 0.1) is 5.92 Å². The number of aromatic amines is 1. The molecule has 17 heavy (non-hydrogen) atoms. The molecule has 1 saturated heterocycles. The molecule has 1 amide bonds. The average molecular weight is 237 g/mol. The number of anilines is 1. The zero-order chi connectivity index (χ0) is 12.5. The van der Waals surface area contributed by atoms with Crippen LogP contribution in [-0.4, -0.2) is 29.3 Å². The molecule has 94 valence electrons. The number of hydrogen-bond donors (Lipinski definition) is 2. The van der Waals surface area contributed by atoms with Gasteiger partial charge in [-0.1, -0.05) is 20.8 Å². The number of hydrogen-bond acceptors (Lipinski definition) is 3. The van der Waals surface area contributed by atoms with Gasteiger partial charge < -0.3 is 10.1 Å². The number of carbonyl (C=O) groups is 1. The average Bonchev–Trinajstić information content (AvgIpc) is 2.85. The summed E-state index contributed by atoms with van der Waals surface area (Å²) >= 11 is 0. The van der Waals surface area contributed by atoms with Gasteiger partial charge in [-0.2, -0.15) is 5.10 Å². The van der Waals surface area contributed by atoms with Crippen molar-refractivity contribution in [2.45, 2.75) is 32.6 Å². The van der Waals surface area contributed by atoms with Crippen molar-refractivity contribution in [1.82, 2.24) is 10.2 Å². The van der Waals surface area contributed by atoms with Crippen molar-refractivity contribution in [3.05, 3.63) is 11.8 Å². The lowest BCUT2D eigenvalue weighted by Crippen LogP contribution is -2.23. The molecule has 2 rings (SSSR count). The summed E-state index contributed by atoms with van der Waals surface area (Å²) in [6.45, 7) is 7.47.